The van der Waals surface area contributed by atoms with E-state index in [9.17, 15) is 9.18 Å². The van der Waals surface area contributed by atoms with Crippen molar-refractivity contribution in [3.8, 4) is 6.07 Å². The van der Waals surface area contributed by atoms with Crippen LogP contribution in [0.15, 0.2) is 36.5 Å². The maximum absolute atomic E-state index is 13.0. The van der Waals surface area contributed by atoms with Crippen LogP contribution in [0.2, 0.25) is 0 Å². The molecule has 1 amide bonds. The molecule has 6 heteroatoms. The highest BCUT2D eigenvalue weighted by atomic mass is 19.1. The summed E-state index contributed by atoms with van der Waals surface area (Å²) in [7, 11) is 0. The Morgan fingerprint density at radius 2 is 2.19 bits per heavy atom. The summed E-state index contributed by atoms with van der Waals surface area (Å²) in [4.78, 5) is 16.1. The van der Waals surface area contributed by atoms with Crippen LogP contribution in [0, 0.1) is 17.1 Å². The molecule has 0 unspecified atom stereocenters. The summed E-state index contributed by atoms with van der Waals surface area (Å²) in [6.07, 6.45) is 1.55. The Balaban J connectivity index is 2.16. The average molecular weight is 284 g/mol. The minimum absolute atomic E-state index is 0.0626. The van der Waals surface area contributed by atoms with Crippen molar-refractivity contribution < 1.29 is 9.18 Å². The molecule has 21 heavy (non-hydrogen) atoms. The molecule has 5 nitrogen and oxygen atoms in total. The molecule has 0 aliphatic rings. The molecule has 1 aromatic carbocycles. The molecule has 0 fully saturated rings. The Morgan fingerprint density at radius 1 is 1.38 bits per heavy atom. The van der Waals surface area contributed by atoms with E-state index >= 15 is 0 Å². The van der Waals surface area contributed by atoms with Crippen LogP contribution in [-0.2, 0) is 0 Å². The standard InChI is InChI=1S/C15H13FN4O/c1-2-18-12-4-6-14(19-9-12)15(21)20-13-5-3-11(16)7-10(13)8-17/h3-7,9,18H,2H2,1H3,(H,20,21). The Kier molecular flexibility index (Phi) is 4.46. The van der Waals surface area contributed by atoms with E-state index in [2.05, 4.69) is 15.6 Å². The molecule has 2 aromatic rings. The number of nitrogens with zero attached hydrogens (tertiary/aromatic N) is 2. The van der Waals surface area contributed by atoms with Gasteiger partial charge in [0.05, 0.1) is 23.1 Å². The first-order valence-corrected chi connectivity index (χ1v) is 6.35. The van der Waals surface area contributed by atoms with Gasteiger partial charge < -0.3 is 10.6 Å². The summed E-state index contributed by atoms with van der Waals surface area (Å²) in [5.74, 6) is -0.987. The van der Waals surface area contributed by atoms with E-state index in [1.54, 1.807) is 18.3 Å². The van der Waals surface area contributed by atoms with Crippen molar-refractivity contribution >= 4 is 17.3 Å². The second-order valence-electron chi connectivity index (χ2n) is 4.22. The number of benzene rings is 1. The molecule has 1 heterocycles. The van der Waals surface area contributed by atoms with Gasteiger partial charge in [0.15, 0.2) is 0 Å². The van der Waals surface area contributed by atoms with Crippen molar-refractivity contribution in [2.24, 2.45) is 0 Å². The van der Waals surface area contributed by atoms with Crippen LogP contribution >= 0.6 is 0 Å². The summed E-state index contributed by atoms with van der Waals surface area (Å²) >= 11 is 0. The van der Waals surface area contributed by atoms with Crippen LogP contribution in [0.1, 0.15) is 23.0 Å². The van der Waals surface area contributed by atoms with Crippen molar-refractivity contribution in [1.82, 2.24) is 4.98 Å². The third kappa shape index (κ3) is 3.54. The van der Waals surface area contributed by atoms with Gasteiger partial charge in [-0.05, 0) is 37.3 Å². The molecule has 2 N–H and O–H groups in total. The fraction of sp³-hybridized carbons (Fsp3) is 0.133. The first-order chi connectivity index (χ1) is 10.1. The van der Waals surface area contributed by atoms with Gasteiger partial charge in [-0.2, -0.15) is 5.26 Å². The van der Waals surface area contributed by atoms with Crippen LogP contribution in [0.5, 0.6) is 0 Å². The third-order valence-electron chi connectivity index (χ3n) is 2.73. The molecular formula is C15H13FN4O. The normalized spacial score (nSPS) is 9.76. The second-order valence-corrected chi connectivity index (χ2v) is 4.22. The molecule has 0 aliphatic heterocycles. The number of nitriles is 1. The van der Waals surface area contributed by atoms with Crippen molar-refractivity contribution in [2.45, 2.75) is 6.92 Å². The number of hydrogen-bond donors (Lipinski definition) is 2. The van der Waals surface area contributed by atoms with Gasteiger partial charge in [-0.25, -0.2) is 9.37 Å². The first kappa shape index (κ1) is 14.5. The highest BCUT2D eigenvalue weighted by molar-refractivity contribution is 6.03. The van der Waals surface area contributed by atoms with Crippen LogP contribution < -0.4 is 10.6 Å². The number of pyridine rings is 1. The van der Waals surface area contributed by atoms with E-state index in [0.717, 1.165) is 18.3 Å². The van der Waals surface area contributed by atoms with E-state index < -0.39 is 11.7 Å². The Hall–Kier alpha value is -2.94. The molecule has 0 atom stereocenters. The van der Waals surface area contributed by atoms with Crippen LogP contribution in [-0.4, -0.2) is 17.4 Å². The zero-order valence-corrected chi connectivity index (χ0v) is 11.4. The largest absolute Gasteiger partial charge is 0.384 e. The van der Waals surface area contributed by atoms with Crippen LogP contribution in [0.25, 0.3) is 0 Å². The lowest BCUT2D eigenvalue weighted by molar-refractivity contribution is 0.102. The van der Waals surface area contributed by atoms with Crippen LogP contribution in [0.3, 0.4) is 0 Å². The highest BCUT2D eigenvalue weighted by Gasteiger charge is 2.11. The number of carbonyl (C=O) groups excluding carboxylic acids is 1. The molecule has 0 saturated carbocycles. The molecular weight excluding hydrogens is 271 g/mol. The smallest absolute Gasteiger partial charge is 0.274 e. The molecule has 0 radical (unpaired) electrons. The quantitative estimate of drug-likeness (QED) is 0.905. The summed E-state index contributed by atoms with van der Waals surface area (Å²) in [6.45, 7) is 2.72. The van der Waals surface area contributed by atoms with Crippen molar-refractivity contribution in [3.63, 3.8) is 0 Å². The maximum atomic E-state index is 13.0. The number of hydrogen-bond acceptors (Lipinski definition) is 4. The number of rotatable bonds is 4. The highest BCUT2D eigenvalue weighted by Crippen LogP contribution is 2.17. The Labute approximate surface area is 121 Å². The number of aromatic nitrogens is 1. The third-order valence-corrected chi connectivity index (χ3v) is 2.73. The summed E-state index contributed by atoms with van der Waals surface area (Å²) in [5, 5.41) is 14.5. The predicted molar refractivity (Wildman–Crippen MR) is 77.5 cm³/mol. The lowest BCUT2D eigenvalue weighted by Gasteiger charge is -2.07. The van der Waals surface area contributed by atoms with Gasteiger partial charge in [0.25, 0.3) is 5.91 Å². The lowest BCUT2D eigenvalue weighted by Crippen LogP contribution is -2.14. The summed E-state index contributed by atoms with van der Waals surface area (Å²) < 4.78 is 13.0. The zero-order chi connectivity index (χ0) is 15.2. The van der Waals surface area contributed by atoms with Crippen molar-refractivity contribution in [1.29, 1.82) is 5.26 Å². The van der Waals surface area contributed by atoms with E-state index in [1.165, 1.54) is 12.1 Å². The average Bonchev–Trinajstić information content (AvgIpc) is 2.50. The predicted octanol–water partition coefficient (Wildman–Crippen LogP) is 2.78. The molecule has 0 bridgehead atoms. The molecule has 1 aromatic heterocycles. The molecule has 0 saturated heterocycles. The zero-order valence-electron chi connectivity index (χ0n) is 11.4. The number of nitrogens with one attached hydrogen (secondary N) is 2. The lowest BCUT2D eigenvalue weighted by atomic mass is 10.2. The summed E-state index contributed by atoms with van der Waals surface area (Å²) in [6, 6.07) is 8.74. The van der Waals surface area contributed by atoms with Gasteiger partial charge in [-0.3, -0.25) is 4.79 Å². The van der Waals surface area contributed by atoms with E-state index in [4.69, 9.17) is 5.26 Å². The van der Waals surface area contributed by atoms with Gasteiger partial charge in [-0.1, -0.05) is 0 Å². The van der Waals surface area contributed by atoms with Gasteiger partial charge in [0.1, 0.15) is 17.6 Å². The van der Waals surface area contributed by atoms with E-state index in [0.29, 0.717) is 0 Å². The van der Waals surface area contributed by atoms with Gasteiger partial charge in [0, 0.05) is 6.54 Å². The topological polar surface area (TPSA) is 77.8 Å². The number of halogens is 1. The number of amides is 1. The fourth-order valence-corrected chi connectivity index (χ4v) is 1.74. The van der Waals surface area contributed by atoms with Gasteiger partial charge in [0.2, 0.25) is 0 Å². The van der Waals surface area contributed by atoms with Gasteiger partial charge in [-0.15, -0.1) is 0 Å². The Bertz CT molecular complexity index is 692. The number of carbonyl (C=O) groups is 1. The van der Waals surface area contributed by atoms with Crippen molar-refractivity contribution in [2.75, 3.05) is 17.2 Å². The molecule has 0 aliphatic carbocycles. The van der Waals surface area contributed by atoms with Gasteiger partial charge >= 0.3 is 0 Å². The minimum Gasteiger partial charge on any atom is -0.384 e. The molecule has 2 rings (SSSR count). The summed E-state index contributed by atoms with van der Waals surface area (Å²) in [5.41, 5.74) is 1.34. The Morgan fingerprint density at radius 3 is 2.81 bits per heavy atom. The van der Waals surface area contributed by atoms with Crippen LogP contribution in [0.4, 0.5) is 15.8 Å². The van der Waals surface area contributed by atoms with E-state index in [-0.39, 0.29) is 16.9 Å². The van der Waals surface area contributed by atoms with Crippen molar-refractivity contribution in [3.05, 3.63) is 53.6 Å². The minimum atomic E-state index is -0.530. The SMILES string of the molecule is CCNc1ccc(C(=O)Nc2ccc(F)cc2C#N)nc1. The second kappa shape index (κ2) is 6.48. The molecule has 0 spiro atoms. The molecule has 106 valence electrons. The fourth-order valence-electron chi connectivity index (χ4n) is 1.74. The monoisotopic (exact) mass is 284 g/mol. The number of anilines is 2. The van der Waals surface area contributed by atoms with E-state index in [1.807, 2.05) is 13.0 Å². The first-order valence-electron chi connectivity index (χ1n) is 6.35. The maximum Gasteiger partial charge on any atom is 0.274 e.